The van der Waals surface area contributed by atoms with Crippen molar-refractivity contribution in [1.29, 1.82) is 0 Å². The van der Waals surface area contributed by atoms with Crippen molar-refractivity contribution < 1.29 is 14.3 Å². The fourth-order valence-corrected chi connectivity index (χ4v) is 2.05. The van der Waals surface area contributed by atoms with E-state index in [9.17, 15) is 4.79 Å². The van der Waals surface area contributed by atoms with Gasteiger partial charge in [-0.25, -0.2) is 0 Å². The molecular weight excluding hydrogens is 244 g/mol. The molecule has 2 rings (SSSR count). The quantitative estimate of drug-likeness (QED) is 0.898. The van der Waals surface area contributed by atoms with Crippen LogP contribution in [0.2, 0.25) is 0 Å². The topological polar surface area (TPSA) is 64.8 Å². The van der Waals surface area contributed by atoms with Crippen LogP contribution in [-0.4, -0.2) is 26.3 Å². The highest BCUT2D eigenvalue weighted by molar-refractivity contribution is 5.94. The first kappa shape index (κ1) is 13.7. The predicted octanol–water partition coefficient (Wildman–Crippen LogP) is 1.67. The standard InChI is InChI=1S/C14H20N2O3/c1-9(7-15)4-14(17)16(3)11-6-13-12(5-10(11)2)18-8-19-13/h5-6,9H,4,7-8,15H2,1-3H3. The van der Waals surface area contributed by atoms with Gasteiger partial charge in [0.25, 0.3) is 0 Å². The molecule has 1 atom stereocenters. The van der Waals surface area contributed by atoms with Gasteiger partial charge in [-0.3, -0.25) is 4.79 Å². The van der Waals surface area contributed by atoms with Crippen LogP contribution in [0.4, 0.5) is 5.69 Å². The number of ether oxygens (including phenoxy) is 2. The van der Waals surface area contributed by atoms with Crippen LogP contribution in [0.3, 0.4) is 0 Å². The van der Waals surface area contributed by atoms with Crippen molar-refractivity contribution >= 4 is 11.6 Å². The molecule has 5 nitrogen and oxygen atoms in total. The van der Waals surface area contributed by atoms with Crippen LogP contribution in [-0.2, 0) is 4.79 Å². The zero-order chi connectivity index (χ0) is 14.0. The zero-order valence-corrected chi connectivity index (χ0v) is 11.6. The molecule has 1 unspecified atom stereocenters. The molecule has 19 heavy (non-hydrogen) atoms. The van der Waals surface area contributed by atoms with Gasteiger partial charge in [0, 0.05) is 19.5 Å². The van der Waals surface area contributed by atoms with E-state index in [0.29, 0.717) is 18.7 Å². The van der Waals surface area contributed by atoms with E-state index >= 15 is 0 Å². The lowest BCUT2D eigenvalue weighted by molar-refractivity contribution is -0.119. The van der Waals surface area contributed by atoms with E-state index in [1.165, 1.54) is 0 Å². The third-order valence-corrected chi connectivity index (χ3v) is 3.35. The molecule has 1 aromatic carbocycles. The lowest BCUT2D eigenvalue weighted by Crippen LogP contribution is -2.29. The fourth-order valence-electron chi connectivity index (χ4n) is 2.05. The molecule has 0 saturated heterocycles. The summed E-state index contributed by atoms with van der Waals surface area (Å²) in [7, 11) is 1.77. The minimum absolute atomic E-state index is 0.0555. The van der Waals surface area contributed by atoms with Gasteiger partial charge in [-0.05, 0) is 31.0 Å². The van der Waals surface area contributed by atoms with Crippen LogP contribution in [0.1, 0.15) is 18.9 Å². The Labute approximate surface area is 113 Å². The van der Waals surface area contributed by atoms with Crippen LogP contribution in [0.5, 0.6) is 11.5 Å². The molecule has 1 amide bonds. The van der Waals surface area contributed by atoms with Crippen LogP contribution in [0.15, 0.2) is 12.1 Å². The molecule has 0 radical (unpaired) electrons. The normalized spacial score (nSPS) is 14.3. The highest BCUT2D eigenvalue weighted by Gasteiger charge is 2.20. The van der Waals surface area contributed by atoms with Crippen molar-refractivity contribution in [3.63, 3.8) is 0 Å². The summed E-state index contributed by atoms with van der Waals surface area (Å²) in [6.07, 6.45) is 0.445. The molecule has 0 fully saturated rings. The van der Waals surface area contributed by atoms with Gasteiger partial charge in [0.05, 0.1) is 5.69 Å². The first-order valence-corrected chi connectivity index (χ1v) is 6.39. The number of anilines is 1. The second-order valence-electron chi connectivity index (χ2n) is 4.99. The highest BCUT2D eigenvalue weighted by atomic mass is 16.7. The lowest BCUT2D eigenvalue weighted by atomic mass is 10.1. The molecule has 0 aromatic heterocycles. The van der Waals surface area contributed by atoms with E-state index in [1.54, 1.807) is 11.9 Å². The minimum atomic E-state index is 0.0555. The van der Waals surface area contributed by atoms with E-state index in [4.69, 9.17) is 15.2 Å². The van der Waals surface area contributed by atoms with E-state index in [1.807, 2.05) is 26.0 Å². The Morgan fingerprint density at radius 3 is 2.68 bits per heavy atom. The maximum atomic E-state index is 12.2. The summed E-state index contributed by atoms with van der Waals surface area (Å²) in [6.45, 7) is 4.67. The highest BCUT2D eigenvalue weighted by Crippen LogP contribution is 2.38. The van der Waals surface area contributed by atoms with Crippen molar-refractivity contribution in [1.82, 2.24) is 0 Å². The van der Waals surface area contributed by atoms with Crippen LogP contribution in [0, 0.1) is 12.8 Å². The number of nitrogens with zero attached hydrogens (tertiary/aromatic N) is 1. The van der Waals surface area contributed by atoms with Gasteiger partial charge in [-0.1, -0.05) is 6.92 Å². The van der Waals surface area contributed by atoms with Gasteiger partial charge in [0.15, 0.2) is 11.5 Å². The van der Waals surface area contributed by atoms with Crippen molar-refractivity contribution in [2.75, 3.05) is 25.3 Å². The first-order chi connectivity index (χ1) is 9.02. The summed E-state index contributed by atoms with van der Waals surface area (Å²) in [5, 5.41) is 0. The number of rotatable bonds is 4. The van der Waals surface area contributed by atoms with Crippen LogP contribution < -0.4 is 20.1 Å². The monoisotopic (exact) mass is 264 g/mol. The zero-order valence-electron chi connectivity index (χ0n) is 11.6. The van der Waals surface area contributed by atoms with E-state index in [2.05, 4.69) is 0 Å². The number of hydrogen-bond acceptors (Lipinski definition) is 4. The molecule has 1 aromatic rings. The van der Waals surface area contributed by atoms with Crippen molar-refractivity contribution in [3.05, 3.63) is 17.7 Å². The summed E-state index contributed by atoms with van der Waals surface area (Å²) in [6, 6.07) is 3.75. The van der Waals surface area contributed by atoms with Crippen LogP contribution in [0.25, 0.3) is 0 Å². The number of amides is 1. The van der Waals surface area contributed by atoms with Crippen molar-refractivity contribution in [2.45, 2.75) is 20.3 Å². The second-order valence-corrected chi connectivity index (χ2v) is 4.99. The Bertz CT molecular complexity index is 488. The SMILES string of the molecule is Cc1cc2c(cc1N(C)C(=O)CC(C)CN)OCO2. The van der Waals surface area contributed by atoms with E-state index < -0.39 is 0 Å². The maximum Gasteiger partial charge on any atom is 0.231 e. The van der Waals surface area contributed by atoms with Crippen molar-refractivity contribution in [2.24, 2.45) is 11.7 Å². The molecule has 0 bridgehead atoms. The Hall–Kier alpha value is -1.75. The Kier molecular flexibility index (Phi) is 3.95. The number of aryl methyl sites for hydroxylation is 1. The fraction of sp³-hybridized carbons (Fsp3) is 0.500. The molecule has 5 heteroatoms. The molecule has 1 aliphatic rings. The smallest absolute Gasteiger partial charge is 0.231 e. The number of fused-ring (bicyclic) bond motifs is 1. The van der Waals surface area contributed by atoms with Gasteiger partial charge in [-0.15, -0.1) is 0 Å². The Morgan fingerprint density at radius 2 is 2.05 bits per heavy atom. The maximum absolute atomic E-state index is 12.2. The lowest BCUT2D eigenvalue weighted by Gasteiger charge is -2.21. The summed E-state index contributed by atoms with van der Waals surface area (Å²) < 4.78 is 10.7. The first-order valence-electron chi connectivity index (χ1n) is 6.39. The summed E-state index contributed by atoms with van der Waals surface area (Å²) in [5.74, 6) is 1.66. The second kappa shape index (κ2) is 5.48. The third-order valence-electron chi connectivity index (χ3n) is 3.35. The Morgan fingerprint density at radius 1 is 1.42 bits per heavy atom. The predicted molar refractivity (Wildman–Crippen MR) is 73.5 cm³/mol. The summed E-state index contributed by atoms with van der Waals surface area (Å²) in [4.78, 5) is 13.8. The average molecular weight is 264 g/mol. The minimum Gasteiger partial charge on any atom is -0.454 e. The molecule has 0 saturated carbocycles. The van der Waals surface area contributed by atoms with Crippen molar-refractivity contribution in [3.8, 4) is 11.5 Å². The summed E-state index contributed by atoms with van der Waals surface area (Å²) in [5.41, 5.74) is 7.39. The van der Waals surface area contributed by atoms with Crippen LogP contribution >= 0.6 is 0 Å². The molecular formula is C14H20N2O3. The number of benzene rings is 1. The molecule has 1 aliphatic heterocycles. The number of carbonyl (C=O) groups is 1. The van der Waals surface area contributed by atoms with Gasteiger partial charge >= 0.3 is 0 Å². The molecule has 1 heterocycles. The average Bonchev–Trinajstić information content (AvgIpc) is 2.83. The Balaban J connectivity index is 2.19. The van der Waals surface area contributed by atoms with E-state index in [0.717, 1.165) is 17.0 Å². The molecule has 0 aliphatic carbocycles. The van der Waals surface area contributed by atoms with Gasteiger partial charge in [-0.2, -0.15) is 0 Å². The van der Waals surface area contributed by atoms with Gasteiger partial charge < -0.3 is 20.1 Å². The number of nitrogens with two attached hydrogens (primary N) is 1. The third kappa shape index (κ3) is 2.81. The summed E-state index contributed by atoms with van der Waals surface area (Å²) >= 11 is 0. The van der Waals surface area contributed by atoms with E-state index in [-0.39, 0.29) is 18.6 Å². The number of carbonyl (C=O) groups excluding carboxylic acids is 1. The van der Waals surface area contributed by atoms with Gasteiger partial charge in [0.2, 0.25) is 12.7 Å². The van der Waals surface area contributed by atoms with Gasteiger partial charge in [0.1, 0.15) is 0 Å². The largest absolute Gasteiger partial charge is 0.454 e. The molecule has 0 spiro atoms. The number of hydrogen-bond donors (Lipinski definition) is 1. The molecule has 104 valence electrons. The molecule has 2 N–H and O–H groups in total.